The number of H-pyrrole nitrogens is 1. The summed E-state index contributed by atoms with van der Waals surface area (Å²) < 4.78 is 22.0. The second-order valence-corrected chi connectivity index (χ2v) is 5.38. The predicted molar refractivity (Wildman–Crippen MR) is 53.8 cm³/mol. The molecule has 0 atom stereocenters. The molecular weight excluding hydrogens is 238 g/mol. The van der Waals surface area contributed by atoms with Crippen molar-refractivity contribution in [3.63, 3.8) is 0 Å². The Morgan fingerprint density at radius 1 is 1.47 bits per heavy atom. The standard InChI is InChI=1S/C8H4ClN3O2S/c9-15(13,14)5-1-2-6-7(3-5)12-8(4-10)11-6/h1-3H,(H,11,12). The van der Waals surface area contributed by atoms with Crippen LogP contribution in [0.1, 0.15) is 5.82 Å². The minimum absolute atomic E-state index is 0.0233. The molecule has 0 saturated heterocycles. The lowest BCUT2D eigenvalue weighted by molar-refractivity contribution is 0.609. The van der Waals surface area contributed by atoms with Crippen molar-refractivity contribution in [1.29, 1.82) is 5.26 Å². The van der Waals surface area contributed by atoms with E-state index < -0.39 is 9.05 Å². The third-order valence-electron chi connectivity index (χ3n) is 1.84. The topological polar surface area (TPSA) is 86.6 Å². The van der Waals surface area contributed by atoms with Gasteiger partial charge in [-0.2, -0.15) is 5.26 Å². The van der Waals surface area contributed by atoms with Gasteiger partial charge in [0.2, 0.25) is 5.82 Å². The number of benzene rings is 1. The molecule has 5 nitrogen and oxygen atoms in total. The molecule has 0 fully saturated rings. The number of aromatic nitrogens is 2. The summed E-state index contributed by atoms with van der Waals surface area (Å²) in [5, 5.41) is 8.58. The van der Waals surface area contributed by atoms with Crippen LogP contribution in [0.15, 0.2) is 23.1 Å². The molecule has 1 aromatic carbocycles. The molecule has 1 heterocycles. The molecule has 0 aliphatic rings. The van der Waals surface area contributed by atoms with E-state index in [4.69, 9.17) is 15.9 Å². The zero-order valence-corrected chi connectivity index (χ0v) is 8.80. The number of nitrogens with one attached hydrogen (secondary N) is 1. The molecule has 2 rings (SSSR count). The van der Waals surface area contributed by atoms with Crippen LogP contribution in [-0.4, -0.2) is 18.4 Å². The molecule has 0 aliphatic heterocycles. The van der Waals surface area contributed by atoms with Crippen molar-refractivity contribution in [1.82, 2.24) is 9.97 Å². The van der Waals surface area contributed by atoms with Gasteiger partial charge in [-0.05, 0) is 18.2 Å². The van der Waals surface area contributed by atoms with Crippen molar-refractivity contribution < 1.29 is 8.42 Å². The van der Waals surface area contributed by atoms with Gasteiger partial charge in [-0.1, -0.05) is 0 Å². The SMILES string of the molecule is N#Cc1nc2ccc(S(=O)(=O)Cl)cc2[nH]1. The highest BCUT2D eigenvalue weighted by atomic mass is 35.7. The molecule has 0 unspecified atom stereocenters. The molecule has 15 heavy (non-hydrogen) atoms. The highest BCUT2D eigenvalue weighted by molar-refractivity contribution is 8.13. The molecule has 76 valence electrons. The molecule has 0 amide bonds. The first-order valence-corrected chi connectivity index (χ1v) is 6.16. The van der Waals surface area contributed by atoms with E-state index in [1.165, 1.54) is 18.2 Å². The summed E-state index contributed by atoms with van der Waals surface area (Å²) in [5.41, 5.74) is 0.990. The first kappa shape index (κ1) is 9.96. The summed E-state index contributed by atoms with van der Waals surface area (Å²) in [6.45, 7) is 0. The minimum Gasteiger partial charge on any atom is -0.329 e. The maximum atomic E-state index is 11.0. The quantitative estimate of drug-likeness (QED) is 0.764. The number of aromatic amines is 1. The lowest BCUT2D eigenvalue weighted by Crippen LogP contribution is -1.89. The molecule has 0 radical (unpaired) electrons. The first-order valence-electron chi connectivity index (χ1n) is 3.85. The fourth-order valence-corrected chi connectivity index (χ4v) is 1.97. The molecule has 7 heteroatoms. The zero-order valence-electron chi connectivity index (χ0n) is 7.23. The van der Waals surface area contributed by atoms with Crippen molar-refractivity contribution in [3.8, 4) is 6.07 Å². The van der Waals surface area contributed by atoms with E-state index in [-0.39, 0.29) is 10.7 Å². The smallest absolute Gasteiger partial charge is 0.261 e. The maximum Gasteiger partial charge on any atom is 0.261 e. The van der Waals surface area contributed by atoms with Gasteiger partial charge in [-0.3, -0.25) is 0 Å². The van der Waals surface area contributed by atoms with Crippen LogP contribution in [0.3, 0.4) is 0 Å². The van der Waals surface area contributed by atoms with Gasteiger partial charge in [-0.25, -0.2) is 13.4 Å². The maximum absolute atomic E-state index is 11.0. The van der Waals surface area contributed by atoms with E-state index in [0.717, 1.165) is 0 Å². The van der Waals surface area contributed by atoms with Crippen LogP contribution in [0.5, 0.6) is 0 Å². The average molecular weight is 242 g/mol. The Bertz CT molecular complexity index is 669. The fourth-order valence-electron chi connectivity index (χ4n) is 1.19. The van der Waals surface area contributed by atoms with E-state index in [9.17, 15) is 8.42 Å². The zero-order chi connectivity index (χ0) is 11.1. The summed E-state index contributed by atoms with van der Waals surface area (Å²) in [6.07, 6.45) is 0. The number of hydrogen-bond acceptors (Lipinski definition) is 4. The molecular formula is C8H4ClN3O2S. The Balaban J connectivity index is 2.72. The van der Waals surface area contributed by atoms with Crippen molar-refractivity contribution >= 4 is 30.8 Å². The lowest BCUT2D eigenvalue weighted by atomic mass is 10.3. The van der Waals surface area contributed by atoms with E-state index >= 15 is 0 Å². The number of rotatable bonds is 1. The molecule has 1 aromatic heterocycles. The summed E-state index contributed by atoms with van der Waals surface area (Å²) in [7, 11) is 1.42. The van der Waals surface area contributed by atoms with Crippen molar-refractivity contribution in [2.24, 2.45) is 0 Å². The lowest BCUT2D eigenvalue weighted by Gasteiger charge is -1.94. The van der Waals surface area contributed by atoms with Gasteiger partial charge in [0.1, 0.15) is 6.07 Å². The van der Waals surface area contributed by atoms with Crippen LogP contribution in [0.25, 0.3) is 11.0 Å². The summed E-state index contributed by atoms with van der Waals surface area (Å²) >= 11 is 0. The Labute approximate surface area is 89.7 Å². The Hall–Kier alpha value is -1.58. The van der Waals surface area contributed by atoms with Crippen molar-refractivity contribution in [3.05, 3.63) is 24.0 Å². The van der Waals surface area contributed by atoms with Crippen LogP contribution < -0.4 is 0 Å². The van der Waals surface area contributed by atoms with Crippen molar-refractivity contribution in [2.45, 2.75) is 4.90 Å². The first-order chi connectivity index (χ1) is 7.00. The van der Waals surface area contributed by atoms with Crippen LogP contribution in [0.2, 0.25) is 0 Å². The predicted octanol–water partition coefficient (Wildman–Crippen LogP) is 1.36. The number of nitriles is 1. The number of halogens is 1. The minimum atomic E-state index is -3.75. The van der Waals surface area contributed by atoms with Gasteiger partial charge in [0, 0.05) is 10.7 Å². The van der Waals surface area contributed by atoms with Crippen LogP contribution in [-0.2, 0) is 9.05 Å². The van der Waals surface area contributed by atoms with Crippen LogP contribution in [0, 0.1) is 11.3 Å². The molecule has 1 N–H and O–H groups in total. The third kappa shape index (κ3) is 1.79. The summed E-state index contributed by atoms with van der Waals surface area (Å²) in [5.74, 6) is 0.133. The van der Waals surface area contributed by atoms with Gasteiger partial charge in [-0.15, -0.1) is 0 Å². The summed E-state index contributed by atoms with van der Waals surface area (Å²) in [6, 6.07) is 5.99. The van der Waals surface area contributed by atoms with Crippen LogP contribution >= 0.6 is 10.7 Å². The normalized spacial score (nSPS) is 11.5. The van der Waals surface area contributed by atoms with Gasteiger partial charge in [0.25, 0.3) is 9.05 Å². The molecule has 0 bridgehead atoms. The van der Waals surface area contributed by atoms with Gasteiger partial charge >= 0.3 is 0 Å². The van der Waals surface area contributed by atoms with Gasteiger partial charge in [0.05, 0.1) is 15.9 Å². The molecule has 0 saturated carbocycles. The molecule has 0 spiro atoms. The number of fused-ring (bicyclic) bond motifs is 1. The van der Waals surface area contributed by atoms with Crippen LogP contribution in [0.4, 0.5) is 0 Å². The monoisotopic (exact) mass is 241 g/mol. The highest BCUT2D eigenvalue weighted by Crippen LogP contribution is 2.19. The average Bonchev–Trinajstić information content (AvgIpc) is 2.57. The van der Waals surface area contributed by atoms with Gasteiger partial charge in [0.15, 0.2) is 0 Å². The number of nitrogens with zero attached hydrogens (tertiary/aromatic N) is 2. The van der Waals surface area contributed by atoms with E-state index in [2.05, 4.69) is 9.97 Å². The summed E-state index contributed by atoms with van der Waals surface area (Å²) in [4.78, 5) is 6.54. The fraction of sp³-hybridized carbons (Fsp3) is 0. The third-order valence-corrected chi connectivity index (χ3v) is 3.19. The van der Waals surface area contributed by atoms with E-state index in [1.807, 2.05) is 6.07 Å². The van der Waals surface area contributed by atoms with E-state index in [1.54, 1.807) is 0 Å². The molecule has 0 aliphatic carbocycles. The Morgan fingerprint density at radius 2 is 2.20 bits per heavy atom. The molecule has 2 aromatic rings. The second-order valence-electron chi connectivity index (χ2n) is 2.81. The Morgan fingerprint density at radius 3 is 2.80 bits per heavy atom. The highest BCUT2D eigenvalue weighted by Gasteiger charge is 2.11. The number of hydrogen-bond donors (Lipinski definition) is 1. The van der Waals surface area contributed by atoms with Gasteiger partial charge < -0.3 is 4.98 Å². The largest absolute Gasteiger partial charge is 0.329 e. The van der Waals surface area contributed by atoms with E-state index in [0.29, 0.717) is 11.0 Å². The number of imidazole rings is 1. The van der Waals surface area contributed by atoms with Crippen molar-refractivity contribution in [2.75, 3.05) is 0 Å². The Kier molecular flexibility index (Phi) is 2.14. The second kappa shape index (κ2) is 3.22.